The van der Waals surface area contributed by atoms with E-state index in [1.807, 2.05) is 19.1 Å². The summed E-state index contributed by atoms with van der Waals surface area (Å²) in [5.74, 6) is 0.0201. The van der Waals surface area contributed by atoms with Crippen molar-refractivity contribution in [3.63, 3.8) is 0 Å². The molecule has 8 heteroatoms. The normalized spacial score (nSPS) is 16.9. The molecule has 1 amide bonds. The van der Waals surface area contributed by atoms with Crippen molar-refractivity contribution in [3.05, 3.63) is 59.6 Å². The third-order valence-corrected chi connectivity index (χ3v) is 7.67. The van der Waals surface area contributed by atoms with E-state index >= 15 is 0 Å². The molecule has 0 bridgehead atoms. The molecule has 2 aromatic carbocycles. The first kappa shape index (κ1) is 20.2. The summed E-state index contributed by atoms with van der Waals surface area (Å²) in [4.78, 5) is 15.7. The summed E-state index contributed by atoms with van der Waals surface area (Å²) in [6.45, 7) is 3.28. The summed E-state index contributed by atoms with van der Waals surface area (Å²) in [7, 11) is -3.51. The summed E-state index contributed by atoms with van der Waals surface area (Å²) in [5.41, 5.74) is 0. The van der Waals surface area contributed by atoms with Gasteiger partial charge in [-0.1, -0.05) is 29.8 Å². The molecule has 1 fully saturated rings. The highest BCUT2D eigenvalue weighted by molar-refractivity contribution is 8.00. The van der Waals surface area contributed by atoms with Gasteiger partial charge < -0.3 is 4.90 Å². The number of nitrogens with zero attached hydrogens (tertiary/aromatic N) is 2. The maximum absolute atomic E-state index is 12.7. The fourth-order valence-corrected chi connectivity index (χ4v) is 5.44. The molecule has 0 unspecified atom stereocenters. The third kappa shape index (κ3) is 4.85. The molecule has 0 N–H and O–H groups in total. The van der Waals surface area contributed by atoms with Crippen molar-refractivity contribution >= 4 is 39.3 Å². The minimum atomic E-state index is -3.51. The van der Waals surface area contributed by atoms with Crippen LogP contribution < -0.4 is 0 Å². The molecular formula is C19H21ClN2O3S2. The fraction of sp³-hybridized carbons (Fsp3) is 0.316. The Morgan fingerprint density at radius 3 is 2.19 bits per heavy atom. The van der Waals surface area contributed by atoms with Gasteiger partial charge in [0.1, 0.15) is 0 Å². The highest BCUT2D eigenvalue weighted by Gasteiger charge is 2.31. The number of thioether (sulfide) groups is 1. The van der Waals surface area contributed by atoms with Crippen LogP contribution in [0.1, 0.15) is 6.92 Å². The Morgan fingerprint density at radius 1 is 1.00 bits per heavy atom. The Balaban J connectivity index is 1.58. The molecule has 1 aliphatic heterocycles. The number of hydrogen-bond acceptors (Lipinski definition) is 4. The standard InChI is InChI=1S/C19H21ClN2O3S2/c1-15(26-17-9-7-16(20)8-10-17)19(23)21-11-13-22(14-12-21)27(24,25)18-5-3-2-4-6-18/h2-10,15H,11-14H2,1H3/t15-/m1/s1. The molecule has 1 saturated heterocycles. The first-order chi connectivity index (χ1) is 12.9. The highest BCUT2D eigenvalue weighted by atomic mass is 35.5. The maximum Gasteiger partial charge on any atom is 0.243 e. The van der Waals surface area contributed by atoms with Crippen LogP contribution in [0.3, 0.4) is 0 Å². The van der Waals surface area contributed by atoms with Crippen LogP contribution in [-0.2, 0) is 14.8 Å². The molecule has 2 aromatic rings. The smallest absolute Gasteiger partial charge is 0.243 e. The summed E-state index contributed by atoms with van der Waals surface area (Å²) < 4.78 is 26.8. The van der Waals surface area contributed by atoms with E-state index in [-0.39, 0.29) is 16.1 Å². The Hall–Kier alpha value is -1.54. The summed E-state index contributed by atoms with van der Waals surface area (Å²) in [6.07, 6.45) is 0. The van der Waals surface area contributed by atoms with Gasteiger partial charge in [-0.2, -0.15) is 4.31 Å². The molecule has 3 rings (SSSR count). The monoisotopic (exact) mass is 424 g/mol. The molecule has 0 aliphatic carbocycles. The van der Waals surface area contributed by atoms with Crippen molar-refractivity contribution in [1.82, 2.24) is 9.21 Å². The van der Waals surface area contributed by atoms with Crippen molar-refractivity contribution in [2.75, 3.05) is 26.2 Å². The molecule has 0 aromatic heterocycles. The first-order valence-electron chi connectivity index (χ1n) is 8.64. The molecule has 0 spiro atoms. The fourth-order valence-electron chi connectivity index (χ4n) is 2.92. The number of hydrogen-bond donors (Lipinski definition) is 0. The van der Waals surface area contributed by atoms with Crippen LogP contribution in [0.5, 0.6) is 0 Å². The van der Waals surface area contributed by atoms with Crippen LogP contribution in [-0.4, -0.2) is 55.0 Å². The number of carbonyl (C=O) groups is 1. The van der Waals surface area contributed by atoms with E-state index in [0.29, 0.717) is 31.2 Å². The SMILES string of the molecule is C[C@@H](Sc1ccc(Cl)cc1)C(=O)N1CCN(S(=O)(=O)c2ccccc2)CC1. The van der Waals surface area contributed by atoms with E-state index in [2.05, 4.69) is 0 Å². The van der Waals surface area contributed by atoms with Crippen LogP contribution >= 0.6 is 23.4 Å². The Morgan fingerprint density at radius 2 is 1.59 bits per heavy atom. The van der Waals surface area contributed by atoms with E-state index in [1.165, 1.54) is 16.1 Å². The van der Waals surface area contributed by atoms with Crippen LogP contribution in [0.15, 0.2) is 64.4 Å². The van der Waals surface area contributed by atoms with E-state index < -0.39 is 10.0 Å². The number of amides is 1. The number of sulfonamides is 1. The lowest BCUT2D eigenvalue weighted by Gasteiger charge is -2.35. The quantitative estimate of drug-likeness (QED) is 0.690. The van der Waals surface area contributed by atoms with E-state index in [4.69, 9.17) is 11.6 Å². The summed E-state index contributed by atoms with van der Waals surface area (Å²) >= 11 is 7.36. The van der Waals surface area contributed by atoms with Crippen LogP contribution in [0.2, 0.25) is 5.02 Å². The van der Waals surface area contributed by atoms with E-state index in [1.54, 1.807) is 47.4 Å². The van der Waals surface area contributed by atoms with Crippen LogP contribution in [0.4, 0.5) is 0 Å². The number of carbonyl (C=O) groups excluding carboxylic acids is 1. The van der Waals surface area contributed by atoms with Gasteiger partial charge in [0.25, 0.3) is 0 Å². The number of piperazine rings is 1. The molecule has 1 heterocycles. The molecule has 0 saturated carbocycles. The van der Waals surface area contributed by atoms with Crippen LogP contribution in [0.25, 0.3) is 0 Å². The van der Waals surface area contributed by atoms with E-state index in [9.17, 15) is 13.2 Å². The molecule has 27 heavy (non-hydrogen) atoms. The lowest BCUT2D eigenvalue weighted by molar-refractivity contribution is -0.131. The second kappa shape index (κ2) is 8.65. The lowest BCUT2D eigenvalue weighted by Crippen LogP contribution is -2.52. The maximum atomic E-state index is 12.7. The Labute approximate surface area is 169 Å². The van der Waals surface area contributed by atoms with Gasteiger partial charge in [-0.3, -0.25) is 4.79 Å². The number of halogens is 1. The van der Waals surface area contributed by atoms with Crippen molar-refractivity contribution in [3.8, 4) is 0 Å². The van der Waals surface area contributed by atoms with Crippen molar-refractivity contribution < 1.29 is 13.2 Å². The zero-order valence-corrected chi connectivity index (χ0v) is 17.3. The predicted octanol–water partition coefficient (Wildman–Crippen LogP) is 3.35. The van der Waals surface area contributed by atoms with Gasteiger partial charge in [0, 0.05) is 36.1 Å². The second-order valence-electron chi connectivity index (χ2n) is 6.26. The van der Waals surface area contributed by atoms with E-state index in [0.717, 1.165) is 4.90 Å². The second-order valence-corrected chi connectivity index (χ2v) is 10.0. The molecular weight excluding hydrogens is 404 g/mol. The third-order valence-electron chi connectivity index (χ3n) is 4.41. The topological polar surface area (TPSA) is 57.7 Å². The van der Waals surface area contributed by atoms with Gasteiger partial charge in [-0.25, -0.2) is 8.42 Å². The summed E-state index contributed by atoms with van der Waals surface area (Å²) in [5, 5.41) is 0.414. The minimum absolute atomic E-state index is 0.0201. The molecule has 0 radical (unpaired) electrons. The van der Waals surface area contributed by atoms with Gasteiger partial charge >= 0.3 is 0 Å². The molecule has 1 atom stereocenters. The molecule has 5 nitrogen and oxygen atoms in total. The number of rotatable bonds is 5. The van der Waals surface area contributed by atoms with Gasteiger partial charge in [0.05, 0.1) is 10.1 Å². The van der Waals surface area contributed by atoms with Gasteiger partial charge in [0.2, 0.25) is 15.9 Å². The predicted molar refractivity (Wildman–Crippen MR) is 109 cm³/mol. The summed E-state index contributed by atoms with van der Waals surface area (Å²) in [6, 6.07) is 15.8. The van der Waals surface area contributed by atoms with Gasteiger partial charge in [-0.15, -0.1) is 11.8 Å². The number of benzene rings is 2. The van der Waals surface area contributed by atoms with Gasteiger partial charge in [0.15, 0.2) is 0 Å². The average molecular weight is 425 g/mol. The zero-order chi connectivity index (χ0) is 19.4. The zero-order valence-electron chi connectivity index (χ0n) is 14.9. The minimum Gasteiger partial charge on any atom is -0.339 e. The van der Waals surface area contributed by atoms with Crippen molar-refractivity contribution in [2.24, 2.45) is 0 Å². The van der Waals surface area contributed by atoms with Crippen molar-refractivity contribution in [2.45, 2.75) is 22.0 Å². The highest BCUT2D eigenvalue weighted by Crippen LogP contribution is 2.26. The van der Waals surface area contributed by atoms with Crippen molar-refractivity contribution in [1.29, 1.82) is 0 Å². The molecule has 144 valence electrons. The largest absolute Gasteiger partial charge is 0.339 e. The van der Waals surface area contributed by atoms with Gasteiger partial charge in [-0.05, 0) is 43.3 Å². The van der Waals surface area contributed by atoms with Crippen LogP contribution in [0, 0.1) is 0 Å². The average Bonchev–Trinajstić information content (AvgIpc) is 2.70. The lowest BCUT2D eigenvalue weighted by atomic mass is 10.3. The Kier molecular flexibility index (Phi) is 6.47. The first-order valence-corrected chi connectivity index (χ1v) is 11.3. The Bertz CT molecular complexity index is 881. The molecule has 1 aliphatic rings.